The number of nitrogens with two attached hydrogens (primary N) is 1. The summed E-state index contributed by atoms with van der Waals surface area (Å²) in [5.74, 6) is 0.1000. The normalized spacial score (nSPS) is 31.8. The predicted molar refractivity (Wildman–Crippen MR) is 60.7 cm³/mol. The molecule has 1 aromatic rings. The zero-order valence-corrected chi connectivity index (χ0v) is 9.72. The van der Waals surface area contributed by atoms with Crippen LogP contribution in [0.1, 0.15) is 11.8 Å². The molecule has 5 N–H and O–H groups in total. The molecule has 1 fully saturated rings. The molecule has 2 heterocycles. The number of nitrogens with zero attached hydrogens (tertiary/aromatic N) is 2. The van der Waals surface area contributed by atoms with Crippen LogP contribution in [-0.4, -0.2) is 49.8 Å². The Morgan fingerprint density at radius 2 is 2.17 bits per heavy atom. The first-order valence-electron chi connectivity index (χ1n) is 5.43. The lowest BCUT2D eigenvalue weighted by molar-refractivity contribution is -0.0550. The monoisotopic (exact) mass is 257 g/mol. The number of aryl methyl sites for hydroxylation is 1. The molecule has 4 atom stereocenters. The van der Waals surface area contributed by atoms with E-state index in [9.17, 15) is 15.0 Å². The lowest BCUT2D eigenvalue weighted by Crippen LogP contribution is -2.36. The molecule has 1 aliphatic rings. The van der Waals surface area contributed by atoms with Gasteiger partial charge in [0.25, 0.3) is 0 Å². The Bertz CT molecular complexity index is 503. The molecule has 0 radical (unpaired) electrons. The minimum atomic E-state index is -1.32. The number of rotatable bonds is 2. The van der Waals surface area contributed by atoms with E-state index < -0.39 is 36.8 Å². The average Bonchev–Trinajstić information content (AvgIpc) is 2.61. The number of nitrogen functional groups attached to an aromatic ring is 1. The third-order valence-electron chi connectivity index (χ3n) is 2.97. The smallest absolute Gasteiger partial charge is 0.351 e. The van der Waals surface area contributed by atoms with E-state index in [4.69, 9.17) is 15.6 Å². The molecule has 1 saturated heterocycles. The number of aliphatic hydroxyl groups is 3. The minimum absolute atomic E-state index is 0.1000. The highest BCUT2D eigenvalue weighted by Gasteiger charge is 2.43. The molecule has 0 unspecified atom stereocenters. The van der Waals surface area contributed by atoms with E-state index in [-0.39, 0.29) is 5.82 Å². The molecule has 0 spiro atoms. The molecule has 0 amide bonds. The van der Waals surface area contributed by atoms with E-state index in [2.05, 4.69) is 4.98 Å². The molecule has 1 aromatic heterocycles. The van der Waals surface area contributed by atoms with Gasteiger partial charge in [-0.15, -0.1) is 0 Å². The molecular formula is C10H15N3O5. The summed E-state index contributed by atoms with van der Waals surface area (Å²) in [5, 5.41) is 28.4. The number of aliphatic hydroxyl groups excluding tert-OH is 3. The Morgan fingerprint density at radius 1 is 1.50 bits per heavy atom. The van der Waals surface area contributed by atoms with Crippen molar-refractivity contribution in [3.63, 3.8) is 0 Å². The highest BCUT2D eigenvalue weighted by atomic mass is 16.6. The Labute approximate surface area is 102 Å². The standard InChI is InChI=1S/C10H15N3O5/c1-4-2-13(10(17)12-8(4)11)9-7(16)6(15)5(3-14)18-9/h2,5-7,9,14-16H,3H2,1H3,(H2,11,12,17)/t5-,6+,7-,9-/m1/s1. The fourth-order valence-corrected chi connectivity index (χ4v) is 1.87. The Hall–Kier alpha value is -1.48. The van der Waals surface area contributed by atoms with Gasteiger partial charge in [0.2, 0.25) is 0 Å². The third-order valence-corrected chi connectivity index (χ3v) is 2.97. The summed E-state index contributed by atoms with van der Waals surface area (Å²) in [5.41, 5.74) is 5.35. The van der Waals surface area contributed by atoms with Crippen LogP contribution in [0.3, 0.4) is 0 Å². The van der Waals surface area contributed by atoms with Crippen molar-refractivity contribution < 1.29 is 20.1 Å². The van der Waals surface area contributed by atoms with E-state index in [1.54, 1.807) is 6.92 Å². The molecule has 0 bridgehead atoms. The first-order chi connectivity index (χ1) is 8.45. The van der Waals surface area contributed by atoms with Crippen LogP contribution < -0.4 is 11.4 Å². The molecule has 8 nitrogen and oxygen atoms in total. The topological polar surface area (TPSA) is 131 Å². The highest BCUT2D eigenvalue weighted by Crippen LogP contribution is 2.28. The van der Waals surface area contributed by atoms with Gasteiger partial charge in [-0.2, -0.15) is 4.98 Å². The van der Waals surface area contributed by atoms with Crippen LogP contribution in [0, 0.1) is 6.92 Å². The van der Waals surface area contributed by atoms with Gasteiger partial charge in [-0.05, 0) is 6.92 Å². The molecule has 2 rings (SSSR count). The van der Waals surface area contributed by atoms with E-state index in [0.29, 0.717) is 5.56 Å². The highest BCUT2D eigenvalue weighted by molar-refractivity contribution is 5.35. The minimum Gasteiger partial charge on any atom is -0.394 e. The third kappa shape index (κ3) is 1.99. The molecule has 0 saturated carbocycles. The second-order valence-corrected chi connectivity index (χ2v) is 4.23. The fourth-order valence-electron chi connectivity index (χ4n) is 1.87. The van der Waals surface area contributed by atoms with Gasteiger partial charge in [0.15, 0.2) is 6.23 Å². The molecule has 0 aromatic carbocycles. The van der Waals surface area contributed by atoms with E-state index in [0.717, 1.165) is 4.57 Å². The maximum Gasteiger partial charge on any atom is 0.351 e. The largest absolute Gasteiger partial charge is 0.394 e. The van der Waals surface area contributed by atoms with Gasteiger partial charge in [-0.1, -0.05) is 0 Å². The quantitative estimate of drug-likeness (QED) is 0.470. The number of anilines is 1. The summed E-state index contributed by atoms with van der Waals surface area (Å²) in [7, 11) is 0. The maximum atomic E-state index is 11.7. The van der Waals surface area contributed by atoms with E-state index in [1.807, 2.05) is 0 Å². The lowest BCUT2D eigenvalue weighted by atomic mass is 10.1. The summed E-state index contributed by atoms with van der Waals surface area (Å²) < 4.78 is 6.28. The summed E-state index contributed by atoms with van der Waals surface area (Å²) >= 11 is 0. The number of hydrogen-bond acceptors (Lipinski definition) is 7. The Morgan fingerprint density at radius 3 is 2.72 bits per heavy atom. The molecule has 1 aliphatic heterocycles. The molecule has 0 aliphatic carbocycles. The van der Waals surface area contributed by atoms with Gasteiger partial charge >= 0.3 is 5.69 Å². The van der Waals surface area contributed by atoms with Crippen LogP contribution in [0.5, 0.6) is 0 Å². The number of aromatic nitrogens is 2. The zero-order valence-electron chi connectivity index (χ0n) is 9.72. The summed E-state index contributed by atoms with van der Waals surface area (Å²) in [6, 6.07) is 0. The summed E-state index contributed by atoms with van der Waals surface area (Å²) in [4.78, 5) is 15.2. The second kappa shape index (κ2) is 4.65. The lowest BCUT2D eigenvalue weighted by Gasteiger charge is -2.17. The molecule has 18 heavy (non-hydrogen) atoms. The summed E-state index contributed by atoms with van der Waals surface area (Å²) in [6.45, 7) is 1.20. The zero-order chi connectivity index (χ0) is 13.4. The van der Waals surface area contributed by atoms with Crippen molar-refractivity contribution in [1.29, 1.82) is 0 Å². The van der Waals surface area contributed by atoms with Gasteiger partial charge in [0.05, 0.1) is 6.61 Å². The van der Waals surface area contributed by atoms with E-state index in [1.165, 1.54) is 6.20 Å². The van der Waals surface area contributed by atoms with Gasteiger partial charge in [0.1, 0.15) is 24.1 Å². The van der Waals surface area contributed by atoms with Gasteiger partial charge < -0.3 is 25.8 Å². The van der Waals surface area contributed by atoms with Gasteiger partial charge in [-0.3, -0.25) is 4.57 Å². The molecule has 100 valence electrons. The SMILES string of the molecule is Cc1cn([C@@H]2O[C@H](CO)[C@H](O)[C@H]2O)c(=O)nc1N. The van der Waals surface area contributed by atoms with Crippen LogP contribution in [0.15, 0.2) is 11.0 Å². The van der Waals surface area contributed by atoms with Crippen LogP contribution in [0.2, 0.25) is 0 Å². The van der Waals surface area contributed by atoms with Crippen LogP contribution >= 0.6 is 0 Å². The van der Waals surface area contributed by atoms with Crippen molar-refractivity contribution in [1.82, 2.24) is 9.55 Å². The van der Waals surface area contributed by atoms with Crippen molar-refractivity contribution in [3.05, 3.63) is 22.2 Å². The van der Waals surface area contributed by atoms with Crippen LogP contribution in [-0.2, 0) is 4.74 Å². The van der Waals surface area contributed by atoms with Crippen LogP contribution in [0.25, 0.3) is 0 Å². The molecular weight excluding hydrogens is 242 g/mol. The number of ether oxygens (including phenoxy) is 1. The average molecular weight is 257 g/mol. The fraction of sp³-hybridized carbons (Fsp3) is 0.600. The second-order valence-electron chi connectivity index (χ2n) is 4.23. The van der Waals surface area contributed by atoms with Crippen molar-refractivity contribution in [2.45, 2.75) is 31.5 Å². The maximum absolute atomic E-state index is 11.7. The van der Waals surface area contributed by atoms with Crippen molar-refractivity contribution in [3.8, 4) is 0 Å². The van der Waals surface area contributed by atoms with Crippen molar-refractivity contribution in [2.75, 3.05) is 12.3 Å². The molecule has 8 heteroatoms. The van der Waals surface area contributed by atoms with Crippen LogP contribution in [0.4, 0.5) is 5.82 Å². The van der Waals surface area contributed by atoms with Crippen molar-refractivity contribution in [2.24, 2.45) is 0 Å². The first-order valence-corrected chi connectivity index (χ1v) is 5.43. The number of hydrogen-bond donors (Lipinski definition) is 4. The van der Waals surface area contributed by atoms with Gasteiger partial charge in [-0.25, -0.2) is 4.79 Å². The van der Waals surface area contributed by atoms with E-state index >= 15 is 0 Å². The summed E-state index contributed by atoms with van der Waals surface area (Å²) in [6.07, 6.45) is -3.20. The Kier molecular flexibility index (Phi) is 3.35. The van der Waals surface area contributed by atoms with Gasteiger partial charge in [0, 0.05) is 11.8 Å². The predicted octanol–water partition coefficient (Wildman–Crippen LogP) is -2.25. The first kappa shape index (κ1) is 13.0. The Balaban J connectivity index is 2.39. The van der Waals surface area contributed by atoms with Crippen molar-refractivity contribution >= 4 is 5.82 Å².